The maximum atomic E-state index is 4.07. The number of benzene rings is 3. The lowest BCUT2D eigenvalue weighted by molar-refractivity contribution is 0.628. The second-order valence-electron chi connectivity index (χ2n) is 9.69. The lowest BCUT2D eigenvalue weighted by Gasteiger charge is -2.11. The van der Waals surface area contributed by atoms with Crippen LogP contribution in [0.2, 0.25) is 0 Å². The average molecular weight is 485 g/mol. The Labute approximate surface area is 224 Å². The fourth-order valence-corrected chi connectivity index (χ4v) is 3.96. The molecule has 0 aromatic heterocycles. The standard InChI is InChI=1S/C17H18.C11H14.C4H8.2C2H6/c1-12(2)17-11-14(4)7-10-16(17)15-8-5-13(3)6-9-15;1-8-3-4-10-6-9(2)7-11(10)5-8;1-4(2)3;2*1-2/h5-11H,1H2,2-4H3;3-5,9H,6-7H2,1-2H3;1H2,2-3H3;2*1-2H3. The Kier molecular flexibility index (Phi) is 16.2. The highest BCUT2D eigenvalue weighted by Gasteiger charge is 2.16. The molecule has 0 bridgehead atoms. The molecule has 0 amide bonds. The molecule has 1 atom stereocenters. The SMILES string of the molecule is C=C(C)C.C=C(C)c1cc(C)ccc1-c1ccc(C)cc1.CC.CC.Cc1ccc2c(c1)CC(C)C2. The van der Waals surface area contributed by atoms with E-state index in [1.54, 1.807) is 11.1 Å². The average Bonchev–Trinajstić information content (AvgIpc) is 3.21. The first kappa shape index (κ1) is 33.1. The quantitative estimate of drug-likeness (QED) is 0.317. The summed E-state index contributed by atoms with van der Waals surface area (Å²) >= 11 is 0. The molecule has 1 aliphatic rings. The van der Waals surface area contributed by atoms with Gasteiger partial charge in [0, 0.05) is 0 Å². The minimum absolute atomic E-state index is 0.867. The molecule has 3 aromatic carbocycles. The minimum atomic E-state index is 0.867. The van der Waals surface area contributed by atoms with Gasteiger partial charge in [0.05, 0.1) is 0 Å². The fraction of sp³-hybridized carbons (Fsp3) is 0.389. The molecule has 0 fully saturated rings. The summed E-state index contributed by atoms with van der Waals surface area (Å²) < 4.78 is 0. The van der Waals surface area contributed by atoms with Gasteiger partial charge in [-0.15, -0.1) is 6.58 Å². The molecule has 1 aliphatic carbocycles. The summed E-state index contributed by atoms with van der Waals surface area (Å²) in [4.78, 5) is 0. The molecule has 0 aliphatic heterocycles. The van der Waals surface area contributed by atoms with Gasteiger partial charge in [-0.3, -0.25) is 0 Å². The van der Waals surface area contributed by atoms with E-state index in [0.717, 1.165) is 11.5 Å². The predicted octanol–water partition coefficient (Wildman–Crippen LogP) is 11.4. The van der Waals surface area contributed by atoms with Crippen LogP contribution in [-0.2, 0) is 12.8 Å². The zero-order valence-corrected chi connectivity index (χ0v) is 25.2. The van der Waals surface area contributed by atoms with E-state index in [1.807, 2.05) is 41.5 Å². The van der Waals surface area contributed by atoms with E-state index in [9.17, 15) is 0 Å². The van der Waals surface area contributed by atoms with Crippen molar-refractivity contribution < 1.29 is 0 Å². The van der Waals surface area contributed by atoms with Crippen molar-refractivity contribution >= 4 is 5.57 Å². The zero-order valence-electron chi connectivity index (χ0n) is 25.2. The van der Waals surface area contributed by atoms with Gasteiger partial charge in [-0.05, 0) is 88.1 Å². The minimum Gasteiger partial charge on any atom is -0.100 e. The summed E-state index contributed by atoms with van der Waals surface area (Å²) in [7, 11) is 0. The van der Waals surface area contributed by atoms with Crippen molar-refractivity contribution in [2.45, 2.75) is 89.0 Å². The lowest BCUT2D eigenvalue weighted by atomic mass is 9.94. The summed E-state index contributed by atoms with van der Waals surface area (Å²) in [6.07, 6.45) is 2.58. The van der Waals surface area contributed by atoms with E-state index < -0.39 is 0 Å². The van der Waals surface area contributed by atoms with Gasteiger partial charge in [-0.25, -0.2) is 0 Å². The largest absolute Gasteiger partial charge is 0.100 e. The highest BCUT2D eigenvalue weighted by atomic mass is 14.2. The molecule has 3 aromatic rings. The molecule has 1 unspecified atom stereocenters. The van der Waals surface area contributed by atoms with Crippen molar-refractivity contribution in [2.24, 2.45) is 5.92 Å². The number of allylic oxidation sites excluding steroid dienone is 2. The van der Waals surface area contributed by atoms with E-state index in [4.69, 9.17) is 0 Å². The third kappa shape index (κ3) is 11.7. The van der Waals surface area contributed by atoms with E-state index in [-0.39, 0.29) is 0 Å². The van der Waals surface area contributed by atoms with Gasteiger partial charge >= 0.3 is 0 Å². The predicted molar refractivity (Wildman–Crippen MR) is 167 cm³/mol. The Balaban J connectivity index is 0.000000553. The molecular weight excluding hydrogens is 432 g/mol. The Morgan fingerprint density at radius 1 is 0.639 bits per heavy atom. The summed E-state index contributed by atoms with van der Waals surface area (Å²) in [5.41, 5.74) is 13.2. The van der Waals surface area contributed by atoms with Crippen molar-refractivity contribution in [1.82, 2.24) is 0 Å². The second-order valence-corrected chi connectivity index (χ2v) is 9.69. The van der Waals surface area contributed by atoms with Crippen LogP contribution in [0, 0.1) is 26.7 Å². The maximum Gasteiger partial charge on any atom is -0.0109 e. The van der Waals surface area contributed by atoms with Crippen molar-refractivity contribution in [3.8, 4) is 11.1 Å². The summed E-state index contributed by atoms with van der Waals surface area (Å²) in [5, 5.41) is 0. The molecule has 0 heterocycles. The molecule has 4 rings (SSSR count). The number of aryl methyl sites for hydroxylation is 3. The van der Waals surface area contributed by atoms with Crippen LogP contribution in [-0.4, -0.2) is 0 Å². The van der Waals surface area contributed by atoms with Crippen LogP contribution in [0.15, 0.2) is 79.4 Å². The molecular formula is C36H52. The highest BCUT2D eigenvalue weighted by molar-refractivity contribution is 5.80. The van der Waals surface area contributed by atoms with Crippen molar-refractivity contribution in [3.63, 3.8) is 0 Å². The molecule has 0 saturated carbocycles. The Morgan fingerprint density at radius 2 is 1.08 bits per heavy atom. The topological polar surface area (TPSA) is 0 Å². The zero-order chi connectivity index (χ0) is 27.8. The molecule has 36 heavy (non-hydrogen) atoms. The van der Waals surface area contributed by atoms with E-state index in [0.29, 0.717) is 0 Å². The van der Waals surface area contributed by atoms with Crippen LogP contribution < -0.4 is 0 Å². The van der Waals surface area contributed by atoms with Gasteiger partial charge in [0.2, 0.25) is 0 Å². The van der Waals surface area contributed by atoms with E-state index >= 15 is 0 Å². The number of fused-ring (bicyclic) bond motifs is 1. The monoisotopic (exact) mass is 484 g/mol. The number of rotatable bonds is 2. The first-order valence-corrected chi connectivity index (χ1v) is 13.6. The normalized spacial score (nSPS) is 12.6. The van der Waals surface area contributed by atoms with Crippen LogP contribution in [0.5, 0.6) is 0 Å². The molecule has 196 valence electrons. The van der Waals surface area contributed by atoms with Gasteiger partial charge < -0.3 is 0 Å². The molecule has 0 spiro atoms. The van der Waals surface area contributed by atoms with Gasteiger partial charge in [0.15, 0.2) is 0 Å². The van der Waals surface area contributed by atoms with Gasteiger partial charge in [-0.1, -0.05) is 130 Å². The molecule has 0 radical (unpaired) electrons. The first-order chi connectivity index (χ1) is 17.1. The van der Waals surface area contributed by atoms with Gasteiger partial charge in [0.1, 0.15) is 0 Å². The van der Waals surface area contributed by atoms with E-state index in [1.165, 1.54) is 51.8 Å². The number of hydrogen-bond donors (Lipinski definition) is 0. The van der Waals surface area contributed by atoms with Crippen LogP contribution in [0.25, 0.3) is 16.7 Å². The number of hydrogen-bond acceptors (Lipinski definition) is 0. The smallest absolute Gasteiger partial charge is 0.0109 e. The van der Waals surface area contributed by atoms with Crippen LogP contribution in [0.4, 0.5) is 0 Å². The third-order valence-corrected chi connectivity index (χ3v) is 5.50. The Bertz CT molecular complexity index is 1060. The summed E-state index contributed by atoms with van der Waals surface area (Å²) in [6.45, 7) is 30.4. The Morgan fingerprint density at radius 3 is 1.61 bits per heavy atom. The molecule has 0 heteroatoms. The molecule has 0 N–H and O–H groups in total. The van der Waals surface area contributed by atoms with Gasteiger partial charge in [0.25, 0.3) is 0 Å². The first-order valence-electron chi connectivity index (χ1n) is 13.6. The third-order valence-electron chi connectivity index (χ3n) is 5.50. The van der Waals surface area contributed by atoms with Crippen LogP contribution in [0.3, 0.4) is 0 Å². The maximum absolute atomic E-state index is 4.07. The highest BCUT2D eigenvalue weighted by Crippen LogP contribution is 2.29. The van der Waals surface area contributed by atoms with E-state index in [2.05, 4.69) is 108 Å². The lowest BCUT2D eigenvalue weighted by Crippen LogP contribution is -1.89. The summed E-state index contributed by atoms with van der Waals surface area (Å²) in [5.74, 6) is 0.867. The van der Waals surface area contributed by atoms with Crippen LogP contribution >= 0.6 is 0 Å². The summed E-state index contributed by atoms with van der Waals surface area (Å²) in [6, 6.07) is 22.0. The molecule has 0 nitrogen and oxygen atoms in total. The molecule has 0 saturated heterocycles. The van der Waals surface area contributed by atoms with Crippen molar-refractivity contribution in [3.05, 3.63) is 113 Å². The van der Waals surface area contributed by atoms with Crippen LogP contribution in [0.1, 0.15) is 88.8 Å². The fourth-order valence-electron chi connectivity index (χ4n) is 3.96. The van der Waals surface area contributed by atoms with Gasteiger partial charge in [-0.2, -0.15) is 0 Å². The van der Waals surface area contributed by atoms with Crippen molar-refractivity contribution in [2.75, 3.05) is 0 Å². The Hall–Kier alpha value is -2.86. The van der Waals surface area contributed by atoms with Crippen molar-refractivity contribution in [1.29, 1.82) is 0 Å². The second kappa shape index (κ2) is 17.6.